The Morgan fingerprint density at radius 1 is 1.19 bits per heavy atom. The standard InChI is InChI=1S/C16H27N3O2/c1-13-6-7-14(2)15(12-13)21-11-9-18-16(20)17-8-5-10-19(3)4/h6-7,12H,5,8-11H2,1-4H3,(H2,17,18,20). The number of carbonyl (C=O) groups is 1. The molecule has 5 heteroatoms. The molecule has 0 radical (unpaired) electrons. The maximum atomic E-state index is 11.5. The van der Waals surface area contributed by atoms with Crippen molar-refractivity contribution < 1.29 is 9.53 Å². The topological polar surface area (TPSA) is 53.6 Å². The van der Waals surface area contributed by atoms with Gasteiger partial charge in [0.1, 0.15) is 12.4 Å². The number of rotatable bonds is 8. The molecule has 0 aliphatic heterocycles. The number of hydrogen-bond acceptors (Lipinski definition) is 3. The highest BCUT2D eigenvalue weighted by atomic mass is 16.5. The fraction of sp³-hybridized carbons (Fsp3) is 0.562. The van der Waals surface area contributed by atoms with Gasteiger partial charge in [-0.25, -0.2) is 4.79 Å². The van der Waals surface area contributed by atoms with Gasteiger partial charge in [0, 0.05) is 6.54 Å². The Hall–Kier alpha value is -1.75. The van der Waals surface area contributed by atoms with E-state index in [9.17, 15) is 4.79 Å². The van der Waals surface area contributed by atoms with Crippen molar-refractivity contribution in [1.82, 2.24) is 15.5 Å². The summed E-state index contributed by atoms with van der Waals surface area (Å²) in [4.78, 5) is 13.6. The number of carbonyl (C=O) groups excluding carboxylic acids is 1. The van der Waals surface area contributed by atoms with Crippen LogP contribution in [0.15, 0.2) is 18.2 Å². The van der Waals surface area contributed by atoms with Gasteiger partial charge in [-0.3, -0.25) is 0 Å². The normalized spacial score (nSPS) is 10.5. The molecule has 0 atom stereocenters. The first-order valence-corrected chi connectivity index (χ1v) is 7.35. The Morgan fingerprint density at radius 2 is 1.90 bits per heavy atom. The van der Waals surface area contributed by atoms with Crippen LogP contribution >= 0.6 is 0 Å². The van der Waals surface area contributed by atoms with E-state index in [1.54, 1.807) is 0 Å². The first kappa shape index (κ1) is 17.3. The Morgan fingerprint density at radius 3 is 2.62 bits per heavy atom. The van der Waals surface area contributed by atoms with Gasteiger partial charge in [0.05, 0.1) is 6.54 Å². The smallest absolute Gasteiger partial charge is 0.314 e. The van der Waals surface area contributed by atoms with Crippen LogP contribution in [0.2, 0.25) is 0 Å². The van der Waals surface area contributed by atoms with Crippen molar-refractivity contribution in [1.29, 1.82) is 0 Å². The van der Waals surface area contributed by atoms with E-state index < -0.39 is 0 Å². The third kappa shape index (κ3) is 7.56. The minimum Gasteiger partial charge on any atom is -0.491 e. The van der Waals surface area contributed by atoms with Crippen molar-refractivity contribution in [3.63, 3.8) is 0 Å². The molecular weight excluding hydrogens is 266 g/mol. The largest absolute Gasteiger partial charge is 0.491 e. The van der Waals surface area contributed by atoms with Crippen molar-refractivity contribution in [2.45, 2.75) is 20.3 Å². The molecule has 5 nitrogen and oxygen atoms in total. The number of amides is 2. The maximum absolute atomic E-state index is 11.5. The molecule has 0 bridgehead atoms. The van der Waals surface area contributed by atoms with Gasteiger partial charge in [0.15, 0.2) is 0 Å². The second-order valence-electron chi connectivity index (χ2n) is 5.46. The minimum atomic E-state index is -0.140. The second kappa shape index (κ2) is 9.23. The summed E-state index contributed by atoms with van der Waals surface area (Å²) in [7, 11) is 4.04. The average Bonchev–Trinajstić information content (AvgIpc) is 2.43. The van der Waals surface area contributed by atoms with Crippen LogP contribution in [-0.4, -0.2) is 51.3 Å². The summed E-state index contributed by atoms with van der Waals surface area (Å²) < 4.78 is 5.68. The van der Waals surface area contributed by atoms with E-state index in [1.807, 2.05) is 40.1 Å². The number of ether oxygens (including phenoxy) is 1. The molecule has 0 saturated heterocycles. The van der Waals surface area contributed by atoms with Gasteiger partial charge in [-0.1, -0.05) is 12.1 Å². The Bertz CT molecular complexity index is 447. The summed E-state index contributed by atoms with van der Waals surface area (Å²) in [5, 5.41) is 5.61. The molecule has 0 saturated carbocycles. The molecule has 0 heterocycles. The molecule has 0 unspecified atom stereocenters. The summed E-state index contributed by atoms with van der Waals surface area (Å²) in [6.45, 7) is 6.66. The van der Waals surface area contributed by atoms with Crippen LogP contribution in [0.3, 0.4) is 0 Å². The maximum Gasteiger partial charge on any atom is 0.314 e. The SMILES string of the molecule is Cc1ccc(C)c(OCCNC(=O)NCCCN(C)C)c1. The molecule has 118 valence electrons. The Kier molecular flexibility index (Phi) is 7.61. The van der Waals surface area contributed by atoms with E-state index in [1.165, 1.54) is 5.56 Å². The second-order valence-corrected chi connectivity index (χ2v) is 5.46. The predicted molar refractivity (Wildman–Crippen MR) is 86.0 cm³/mol. The lowest BCUT2D eigenvalue weighted by Crippen LogP contribution is -2.38. The van der Waals surface area contributed by atoms with Crippen LogP contribution in [0.4, 0.5) is 4.79 Å². The van der Waals surface area contributed by atoms with Crippen LogP contribution in [0.5, 0.6) is 5.75 Å². The van der Waals surface area contributed by atoms with Gasteiger partial charge < -0.3 is 20.3 Å². The van der Waals surface area contributed by atoms with E-state index in [0.717, 1.165) is 24.3 Å². The van der Waals surface area contributed by atoms with Crippen molar-refractivity contribution in [3.8, 4) is 5.75 Å². The van der Waals surface area contributed by atoms with Gasteiger partial charge >= 0.3 is 6.03 Å². The van der Waals surface area contributed by atoms with Crippen LogP contribution in [0.25, 0.3) is 0 Å². The lowest BCUT2D eigenvalue weighted by Gasteiger charge is -2.12. The third-order valence-corrected chi connectivity index (χ3v) is 3.06. The molecule has 1 rings (SSSR count). The highest BCUT2D eigenvalue weighted by Crippen LogP contribution is 2.18. The molecule has 0 spiro atoms. The van der Waals surface area contributed by atoms with Crippen molar-refractivity contribution in [2.75, 3.05) is 40.3 Å². The first-order valence-electron chi connectivity index (χ1n) is 7.35. The van der Waals surface area contributed by atoms with Crippen molar-refractivity contribution >= 4 is 6.03 Å². The van der Waals surface area contributed by atoms with Gasteiger partial charge in [-0.05, 0) is 58.1 Å². The lowest BCUT2D eigenvalue weighted by molar-refractivity contribution is 0.235. The number of nitrogens with one attached hydrogen (secondary N) is 2. The van der Waals surface area contributed by atoms with Gasteiger partial charge in [-0.15, -0.1) is 0 Å². The van der Waals surface area contributed by atoms with Crippen LogP contribution in [0, 0.1) is 13.8 Å². The number of urea groups is 1. The van der Waals surface area contributed by atoms with Crippen LogP contribution < -0.4 is 15.4 Å². The molecular formula is C16H27N3O2. The van der Waals surface area contributed by atoms with Crippen molar-refractivity contribution in [2.24, 2.45) is 0 Å². The van der Waals surface area contributed by atoms with Crippen LogP contribution in [0.1, 0.15) is 17.5 Å². The molecule has 1 aromatic rings. The summed E-state index contributed by atoms with van der Waals surface area (Å²) in [6.07, 6.45) is 0.944. The quantitative estimate of drug-likeness (QED) is 0.720. The Labute approximate surface area is 127 Å². The fourth-order valence-electron chi connectivity index (χ4n) is 1.85. The van der Waals surface area contributed by atoms with Gasteiger partial charge in [-0.2, -0.15) is 0 Å². The molecule has 1 aromatic carbocycles. The van der Waals surface area contributed by atoms with E-state index in [0.29, 0.717) is 19.7 Å². The zero-order chi connectivity index (χ0) is 15.7. The molecule has 0 aliphatic rings. The van der Waals surface area contributed by atoms with Gasteiger partial charge in [0.2, 0.25) is 0 Å². The average molecular weight is 293 g/mol. The Balaban J connectivity index is 2.13. The number of aryl methyl sites for hydroxylation is 2. The molecule has 2 N–H and O–H groups in total. The summed E-state index contributed by atoms with van der Waals surface area (Å²) in [6, 6.07) is 5.96. The fourth-order valence-corrected chi connectivity index (χ4v) is 1.85. The highest BCUT2D eigenvalue weighted by Gasteiger charge is 2.01. The number of benzene rings is 1. The molecule has 21 heavy (non-hydrogen) atoms. The van der Waals surface area contributed by atoms with Crippen LogP contribution in [-0.2, 0) is 0 Å². The lowest BCUT2D eigenvalue weighted by atomic mass is 10.1. The van der Waals surface area contributed by atoms with E-state index >= 15 is 0 Å². The molecule has 0 fully saturated rings. The van der Waals surface area contributed by atoms with E-state index in [-0.39, 0.29) is 6.03 Å². The number of nitrogens with zero attached hydrogens (tertiary/aromatic N) is 1. The monoisotopic (exact) mass is 293 g/mol. The molecule has 2 amide bonds. The minimum absolute atomic E-state index is 0.140. The zero-order valence-corrected chi connectivity index (χ0v) is 13.5. The zero-order valence-electron chi connectivity index (χ0n) is 13.5. The first-order chi connectivity index (χ1) is 9.99. The molecule has 0 aliphatic carbocycles. The van der Waals surface area contributed by atoms with E-state index in [4.69, 9.17) is 4.74 Å². The summed E-state index contributed by atoms with van der Waals surface area (Å²) >= 11 is 0. The number of hydrogen-bond donors (Lipinski definition) is 2. The van der Waals surface area contributed by atoms with Gasteiger partial charge in [0.25, 0.3) is 0 Å². The molecule has 0 aromatic heterocycles. The summed E-state index contributed by atoms with van der Waals surface area (Å²) in [5.41, 5.74) is 2.27. The predicted octanol–water partition coefficient (Wildman–Crippen LogP) is 1.93. The van der Waals surface area contributed by atoms with Crippen molar-refractivity contribution in [3.05, 3.63) is 29.3 Å². The highest BCUT2D eigenvalue weighted by molar-refractivity contribution is 5.73. The van der Waals surface area contributed by atoms with E-state index in [2.05, 4.69) is 21.6 Å². The third-order valence-electron chi connectivity index (χ3n) is 3.06. The summed E-state index contributed by atoms with van der Waals surface area (Å²) in [5.74, 6) is 0.878.